The molecule has 1 aliphatic rings. The zero-order valence-corrected chi connectivity index (χ0v) is 27.0. The Bertz CT molecular complexity index is 2010. The third kappa shape index (κ3) is 5.82. The van der Waals surface area contributed by atoms with Gasteiger partial charge in [0.25, 0.3) is 11.2 Å². The summed E-state index contributed by atoms with van der Waals surface area (Å²) >= 11 is 10.5. The molecule has 0 fully saturated rings. The molecule has 0 aliphatic carbocycles. The predicted molar refractivity (Wildman–Crippen MR) is 168 cm³/mol. The minimum absolute atomic E-state index is 0.146. The van der Waals surface area contributed by atoms with Crippen LogP contribution in [0.3, 0.4) is 0 Å². The number of rotatable bonds is 9. The van der Waals surface area contributed by atoms with Gasteiger partial charge < -0.3 is 18.6 Å². The maximum absolute atomic E-state index is 14.0. The molecule has 5 rings (SSSR count). The second-order valence-corrected chi connectivity index (χ2v) is 11.6. The van der Waals surface area contributed by atoms with E-state index in [0.29, 0.717) is 55.8 Å². The summed E-state index contributed by atoms with van der Waals surface area (Å²) in [7, 11) is 1.53. The zero-order valence-electron chi connectivity index (χ0n) is 23.9. The maximum atomic E-state index is 14.0. The Morgan fingerprint density at radius 1 is 1.20 bits per heavy atom. The van der Waals surface area contributed by atoms with E-state index in [-0.39, 0.29) is 27.4 Å². The summed E-state index contributed by atoms with van der Waals surface area (Å²) < 4.78 is 24.4. The Kier molecular flexibility index (Phi) is 9.09. The quantitative estimate of drug-likeness (QED) is 0.122. The van der Waals surface area contributed by atoms with Gasteiger partial charge in [0.2, 0.25) is 0 Å². The van der Waals surface area contributed by atoms with Crippen molar-refractivity contribution in [1.82, 2.24) is 4.57 Å². The Balaban J connectivity index is 1.64. The highest BCUT2D eigenvalue weighted by molar-refractivity contribution is 9.10. The van der Waals surface area contributed by atoms with Crippen LogP contribution in [0.25, 0.3) is 17.4 Å². The molecule has 0 N–H and O–H groups in total. The SMILES string of the molecule is CCOC(=O)C1=C(C)N=c2s/c(=C\c3ccc(-c4cc(Cl)c(Br)c([N+](=O)[O-])c4)o3)c(=O)n2[C@H]1c1ccc(OC)c(OCC)c1. The number of hydrogen-bond acceptors (Lipinski definition) is 10. The van der Waals surface area contributed by atoms with Crippen LogP contribution in [0.1, 0.15) is 38.1 Å². The number of benzene rings is 2. The monoisotopic (exact) mass is 701 g/mol. The van der Waals surface area contributed by atoms with Gasteiger partial charge in [0.1, 0.15) is 16.0 Å². The van der Waals surface area contributed by atoms with E-state index < -0.39 is 22.5 Å². The number of hydrogen-bond donors (Lipinski definition) is 0. The number of methoxy groups -OCH3 is 1. The zero-order chi connectivity index (χ0) is 31.7. The van der Waals surface area contributed by atoms with Gasteiger partial charge in [0.05, 0.1) is 52.1 Å². The van der Waals surface area contributed by atoms with Crippen molar-refractivity contribution in [3.05, 3.63) is 104 Å². The van der Waals surface area contributed by atoms with Crippen molar-refractivity contribution in [3.8, 4) is 22.8 Å². The molecule has 4 aromatic rings. The largest absolute Gasteiger partial charge is 0.493 e. The highest BCUT2D eigenvalue weighted by atomic mass is 79.9. The van der Waals surface area contributed by atoms with Gasteiger partial charge in [-0.15, -0.1) is 0 Å². The van der Waals surface area contributed by atoms with Crippen molar-refractivity contribution >= 4 is 56.6 Å². The number of allylic oxidation sites excluding steroid dienone is 1. The summed E-state index contributed by atoms with van der Waals surface area (Å²) in [5.41, 5.74) is 1.04. The Morgan fingerprint density at radius 2 is 1.98 bits per heavy atom. The van der Waals surface area contributed by atoms with Crippen LogP contribution in [0.15, 0.2) is 72.4 Å². The van der Waals surface area contributed by atoms with Crippen molar-refractivity contribution in [1.29, 1.82) is 0 Å². The number of furan rings is 1. The molecule has 0 radical (unpaired) electrons. The van der Waals surface area contributed by atoms with Crippen molar-refractivity contribution in [2.45, 2.75) is 26.8 Å². The molecule has 1 aliphatic heterocycles. The first-order valence-electron chi connectivity index (χ1n) is 13.3. The molecule has 3 heterocycles. The summed E-state index contributed by atoms with van der Waals surface area (Å²) in [5, 5.41) is 11.6. The van der Waals surface area contributed by atoms with Crippen LogP contribution in [0.5, 0.6) is 11.5 Å². The third-order valence-electron chi connectivity index (χ3n) is 6.71. The van der Waals surface area contributed by atoms with E-state index in [1.807, 2.05) is 6.92 Å². The lowest BCUT2D eigenvalue weighted by atomic mass is 9.95. The number of esters is 1. The number of thiazole rings is 1. The van der Waals surface area contributed by atoms with Crippen LogP contribution >= 0.6 is 38.9 Å². The number of fused-ring (bicyclic) bond motifs is 1. The normalized spacial score (nSPS) is 14.7. The molecule has 2 aromatic heterocycles. The summed E-state index contributed by atoms with van der Waals surface area (Å²) in [6.45, 7) is 5.78. The smallest absolute Gasteiger partial charge is 0.338 e. The first kappa shape index (κ1) is 31.2. The van der Waals surface area contributed by atoms with E-state index >= 15 is 0 Å². The Morgan fingerprint density at radius 3 is 2.66 bits per heavy atom. The highest BCUT2D eigenvalue weighted by Gasteiger charge is 2.34. The van der Waals surface area contributed by atoms with E-state index in [1.165, 1.54) is 17.7 Å². The van der Waals surface area contributed by atoms with Crippen LogP contribution in [-0.4, -0.2) is 35.8 Å². The lowest BCUT2D eigenvalue weighted by Crippen LogP contribution is -2.39. The van der Waals surface area contributed by atoms with Gasteiger partial charge in [-0.25, -0.2) is 9.79 Å². The highest BCUT2D eigenvalue weighted by Crippen LogP contribution is 2.38. The number of ether oxygens (including phenoxy) is 3. The number of halogens is 2. The molecule has 0 saturated heterocycles. The fourth-order valence-electron chi connectivity index (χ4n) is 4.80. The summed E-state index contributed by atoms with van der Waals surface area (Å²) in [6, 6.07) is 10.5. The van der Waals surface area contributed by atoms with E-state index in [1.54, 1.807) is 56.3 Å². The Hall–Kier alpha value is -4.20. The van der Waals surface area contributed by atoms with Crippen molar-refractivity contribution in [2.24, 2.45) is 4.99 Å². The number of carbonyl (C=O) groups excluding carboxylic acids is 1. The molecule has 2 aromatic carbocycles. The number of aromatic nitrogens is 1. The van der Waals surface area contributed by atoms with Gasteiger partial charge in [-0.1, -0.05) is 29.0 Å². The van der Waals surface area contributed by atoms with Crippen LogP contribution in [0.2, 0.25) is 5.02 Å². The first-order valence-corrected chi connectivity index (χ1v) is 15.3. The van der Waals surface area contributed by atoms with Crippen molar-refractivity contribution < 1.29 is 28.3 Å². The number of nitro groups is 1. The third-order valence-corrected chi connectivity index (χ3v) is 9.05. The van der Waals surface area contributed by atoms with Crippen LogP contribution in [0, 0.1) is 10.1 Å². The van der Waals surface area contributed by atoms with Gasteiger partial charge in [0.15, 0.2) is 16.3 Å². The van der Waals surface area contributed by atoms with E-state index in [2.05, 4.69) is 20.9 Å². The fraction of sp³-hybridized carbons (Fsp3) is 0.233. The van der Waals surface area contributed by atoms with E-state index in [4.69, 9.17) is 30.2 Å². The van der Waals surface area contributed by atoms with Gasteiger partial charge in [-0.2, -0.15) is 0 Å². The molecule has 0 bridgehead atoms. The predicted octanol–water partition coefficient (Wildman–Crippen LogP) is 5.79. The fourth-order valence-corrected chi connectivity index (χ4v) is 6.42. The molecule has 0 saturated carbocycles. The number of nitrogens with zero attached hydrogens (tertiary/aromatic N) is 3. The minimum atomic E-state index is -0.852. The average molecular weight is 703 g/mol. The topological polar surface area (TPSA) is 135 Å². The second kappa shape index (κ2) is 12.8. The Labute approximate surface area is 267 Å². The van der Waals surface area contributed by atoms with E-state index in [0.717, 1.165) is 11.3 Å². The molecule has 0 spiro atoms. The molecule has 0 unspecified atom stereocenters. The second-order valence-electron chi connectivity index (χ2n) is 9.40. The van der Waals surface area contributed by atoms with Crippen LogP contribution < -0.4 is 24.4 Å². The summed E-state index contributed by atoms with van der Waals surface area (Å²) in [6.07, 6.45) is 1.56. The molecule has 1 atom stereocenters. The van der Waals surface area contributed by atoms with E-state index in [9.17, 15) is 19.7 Å². The first-order chi connectivity index (χ1) is 21.1. The number of carbonyl (C=O) groups is 1. The summed E-state index contributed by atoms with van der Waals surface area (Å²) in [5.74, 6) is 1.03. The van der Waals surface area contributed by atoms with Crippen molar-refractivity contribution in [3.63, 3.8) is 0 Å². The molecule has 11 nitrogen and oxygen atoms in total. The van der Waals surface area contributed by atoms with Gasteiger partial charge in [-0.3, -0.25) is 19.5 Å². The number of nitro benzene ring substituents is 1. The molecule has 228 valence electrons. The molecular weight excluding hydrogens is 678 g/mol. The van der Waals surface area contributed by atoms with Gasteiger partial charge in [-0.05, 0) is 72.6 Å². The molecule has 14 heteroatoms. The standard InChI is InChI=1S/C30H25BrClN3O8S/c1-5-41-23-13-16(7-9-22(23)40-4)27-25(29(37)42-6-2)15(3)33-30-34(27)28(36)24(44-30)14-18-8-10-21(43-18)17-11-19(32)26(31)20(12-17)35(38)39/h7-14,27H,5-6H2,1-4H3/b24-14-/t27-/m0/s1. The van der Waals surface area contributed by atoms with Crippen LogP contribution in [-0.2, 0) is 9.53 Å². The molecular formula is C30H25BrClN3O8S. The minimum Gasteiger partial charge on any atom is -0.493 e. The van der Waals surface area contributed by atoms with Crippen LogP contribution in [0.4, 0.5) is 5.69 Å². The maximum Gasteiger partial charge on any atom is 0.338 e. The molecule has 0 amide bonds. The van der Waals surface area contributed by atoms with Crippen molar-refractivity contribution in [2.75, 3.05) is 20.3 Å². The van der Waals surface area contributed by atoms with Gasteiger partial charge in [0, 0.05) is 17.7 Å². The molecule has 44 heavy (non-hydrogen) atoms. The van der Waals surface area contributed by atoms with Gasteiger partial charge >= 0.3 is 5.97 Å². The lowest BCUT2D eigenvalue weighted by molar-refractivity contribution is -0.385. The lowest BCUT2D eigenvalue weighted by Gasteiger charge is -2.25. The average Bonchev–Trinajstić information content (AvgIpc) is 3.58. The summed E-state index contributed by atoms with van der Waals surface area (Å²) in [4.78, 5) is 43.1.